The minimum Gasteiger partial charge on any atom is -0.382 e. The third-order valence-corrected chi connectivity index (χ3v) is 2.58. The van der Waals surface area contributed by atoms with Gasteiger partial charge in [-0.05, 0) is 18.2 Å². The molecule has 2 rings (SSSR count). The first-order valence-corrected chi connectivity index (χ1v) is 5.19. The van der Waals surface area contributed by atoms with Crippen LogP contribution in [0.5, 0.6) is 0 Å². The van der Waals surface area contributed by atoms with Crippen LogP contribution in [0.15, 0.2) is 18.2 Å². The minimum absolute atomic E-state index is 0.0108. The Labute approximate surface area is 107 Å². The van der Waals surface area contributed by atoms with Crippen LogP contribution in [0.3, 0.4) is 0 Å². The van der Waals surface area contributed by atoms with Crippen LogP contribution in [-0.2, 0) is 0 Å². The van der Waals surface area contributed by atoms with Crippen molar-refractivity contribution in [2.45, 2.75) is 0 Å². The fraction of sp³-hybridized carbons (Fsp3) is 0. The van der Waals surface area contributed by atoms with Gasteiger partial charge in [-0.1, -0.05) is 11.6 Å². The molecule has 0 spiro atoms. The average Bonchev–Trinajstić information content (AvgIpc) is 2.31. The van der Waals surface area contributed by atoms with Crippen molar-refractivity contribution in [2.75, 3.05) is 11.5 Å². The van der Waals surface area contributed by atoms with Gasteiger partial charge < -0.3 is 11.5 Å². The molecule has 0 radical (unpaired) electrons. The minimum atomic E-state index is -0.506. The molecule has 90 valence electrons. The van der Waals surface area contributed by atoms with Crippen molar-refractivity contribution >= 4 is 23.4 Å². The summed E-state index contributed by atoms with van der Waals surface area (Å²) in [6.07, 6.45) is 0. The predicted octanol–water partition coefficient (Wildman–Crippen LogP) is 1.97. The second-order valence-electron chi connectivity index (χ2n) is 3.43. The molecule has 0 atom stereocenters. The second kappa shape index (κ2) is 4.47. The maximum atomic E-state index is 13.2. The molecule has 0 aliphatic heterocycles. The normalized spacial score (nSPS) is 10.1. The lowest BCUT2D eigenvalue weighted by Crippen LogP contribution is -2.05. The summed E-state index contributed by atoms with van der Waals surface area (Å²) in [5.74, 6) is -0.684. The van der Waals surface area contributed by atoms with Gasteiger partial charge in [-0.25, -0.2) is 9.37 Å². The molecule has 0 aliphatic rings. The monoisotopic (exact) mass is 263 g/mol. The summed E-state index contributed by atoms with van der Waals surface area (Å²) in [4.78, 5) is 7.56. The molecule has 0 aliphatic carbocycles. The Morgan fingerprint density at radius 2 is 2.00 bits per heavy atom. The summed E-state index contributed by atoms with van der Waals surface area (Å²) in [7, 11) is 0. The number of hydrogen-bond acceptors (Lipinski definition) is 5. The number of halogens is 2. The summed E-state index contributed by atoms with van der Waals surface area (Å²) >= 11 is 5.95. The van der Waals surface area contributed by atoms with E-state index < -0.39 is 5.82 Å². The lowest BCUT2D eigenvalue weighted by molar-refractivity contribution is 0.628. The Morgan fingerprint density at radius 3 is 2.67 bits per heavy atom. The van der Waals surface area contributed by atoms with E-state index in [9.17, 15) is 4.39 Å². The molecule has 0 amide bonds. The van der Waals surface area contributed by atoms with Crippen LogP contribution in [0.1, 0.15) is 5.56 Å². The van der Waals surface area contributed by atoms with Crippen molar-refractivity contribution in [3.05, 3.63) is 34.6 Å². The van der Waals surface area contributed by atoms with Gasteiger partial charge in [0.15, 0.2) is 0 Å². The van der Waals surface area contributed by atoms with Crippen LogP contribution in [0.4, 0.5) is 16.2 Å². The van der Waals surface area contributed by atoms with Crippen LogP contribution >= 0.6 is 11.6 Å². The molecule has 1 heterocycles. The van der Waals surface area contributed by atoms with E-state index in [1.165, 1.54) is 12.1 Å². The molecule has 1 aromatic carbocycles. The second-order valence-corrected chi connectivity index (χ2v) is 3.83. The lowest BCUT2D eigenvalue weighted by atomic mass is 10.1. The van der Waals surface area contributed by atoms with Crippen molar-refractivity contribution < 1.29 is 4.39 Å². The van der Waals surface area contributed by atoms with Crippen LogP contribution in [0.2, 0.25) is 5.02 Å². The Hall–Kier alpha value is -2.39. The highest BCUT2D eigenvalue weighted by atomic mass is 35.5. The first-order valence-electron chi connectivity index (χ1n) is 4.81. The average molecular weight is 264 g/mol. The highest BCUT2D eigenvalue weighted by Crippen LogP contribution is 2.31. The molecule has 0 fully saturated rings. The Morgan fingerprint density at radius 1 is 1.28 bits per heavy atom. The third-order valence-electron chi connectivity index (χ3n) is 2.25. The van der Waals surface area contributed by atoms with Crippen molar-refractivity contribution in [3.8, 4) is 17.3 Å². The zero-order valence-electron chi connectivity index (χ0n) is 8.98. The molecule has 0 saturated carbocycles. The summed E-state index contributed by atoms with van der Waals surface area (Å²) in [5.41, 5.74) is 11.4. The molecular formula is C11H7ClFN5. The molecule has 1 aromatic heterocycles. The maximum Gasteiger partial charge on any atom is 0.222 e. The molecular weight excluding hydrogens is 257 g/mol. The SMILES string of the molecule is N#Cc1c(N)nc(N)nc1-c1cc(F)ccc1Cl. The summed E-state index contributed by atoms with van der Waals surface area (Å²) in [6.45, 7) is 0. The quantitative estimate of drug-likeness (QED) is 0.819. The highest BCUT2D eigenvalue weighted by molar-refractivity contribution is 6.33. The number of nitrogen functional groups attached to an aromatic ring is 2. The van der Waals surface area contributed by atoms with Gasteiger partial charge in [0.25, 0.3) is 0 Å². The number of hydrogen-bond donors (Lipinski definition) is 2. The van der Waals surface area contributed by atoms with Crippen LogP contribution in [-0.4, -0.2) is 9.97 Å². The van der Waals surface area contributed by atoms with Gasteiger partial charge in [0, 0.05) is 5.56 Å². The van der Waals surface area contributed by atoms with E-state index in [2.05, 4.69) is 9.97 Å². The van der Waals surface area contributed by atoms with Crippen molar-refractivity contribution in [3.63, 3.8) is 0 Å². The first-order chi connectivity index (χ1) is 8.52. The van der Waals surface area contributed by atoms with E-state index in [0.717, 1.165) is 6.07 Å². The smallest absolute Gasteiger partial charge is 0.222 e. The number of nitrogens with zero attached hydrogens (tertiary/aromatic N) is 3. The van der Waals surface area contributed by atoms with Gasteiger partial charge in [0.05, 0.1) is 10.7 Å². The van der Waals surface area contributed by atoms with Gasteiger partial charge >= 0.3 is 0 Å². The zero-order valence-corrected chi connectivity index (χ0v) is 9.74. The van der Waals surface area contributed by atoms with Crippen molar-refractivity contribution in [2.24, 2.45) is 0 Å². The van der Waals surface area contributed by atoms with E-state index in [-0.39, 0.29) is 33.6 Å². The van der Waals surface area contributed by atoms with Gasteiger partial charge in [-0.2, -0.15) is 10.2 Å². The highest BCUT2D eigenvalue weighted by Gasteiger charge is 2.16. The standard InChI is InChI=1S/C11H7ClFN5/c12-8-2-1-5(13)3-6(8)9-7(4-14)10(15)18-11(16)17-9/h1-3H,(H4,15,16,17,18). The van der Waals surface area contributed by atoms with Gasteiger partial charge in [0.2, 0.25) is 5.95 Å². The molecule has 4 N–H and O–H groups in total. The molecule has 7 heteroatoms. The topological polar surface area (TPSA) is 102 Å². The van der Waals surface area contributed by atoms with E-state index in [1.54, 1.807) is 0 Å². The number of benzene rings is 1. The number of aromatic nitrogens is 2. The molecule has 5 nitrogen and oxygen atoms in total. The lowest BCUT2D eigenvalue weighted by Gasteiger charge is -2.08. The van der Waals surface area contributed by atoms with E-state index in [4.69, 9.17) is 28.3 Å². The number of rotatable bonds is 1. The largest absolute Gasteiger partial charge is 0.382 e. The number of nitriles is 1. The van der Waals surface area contributed by atoms with Crippen LogP contribution in [0.25, 0.3) is 11.3 Å². The molecule has 18 heavy (non-hydrogen) atoms. The molecule has 0 bridgehead atoms. The third kappa shape index (κ3) is 2.04. The molecule has 2 aromatic rings. The Bertz CT molecular complexity index is 665. The van der Waals surface area contributed by atoms with Crippen molar-refractivity contribution in [1.29, 1.82) is 5.26 Å². The fourth-order valence-corrected chi connectivity index (χ4v) is 1.69. The molecule has 0 saturated heterocycles. The zero-order chi connectivity index (χ0) is 13.3. The van der Waals surface area contributed by atoms with E-state index >= 15 is 0 Å². The maximum absolute atomic E-state index is 13.2. The summed E-state index contributed by atoms with van der Waals surface area (Å²) in [6, 6.07) is 5.57. The van der Waals surface area contributed by atoms with Crippen molar-refractivity contribution in [1.82, 2.24) is 9.97 Å². The van der Waals surface area contributed by atoms with Gasteiger partial charge in [0.1, 0.15) is 23.3 Å². The van der Waals surface area contributed by atoms with E-state index in [0.29, 0.717) is 0 Å². The van der Waals surface area contributed by atoms with Crippen LogP contribution < -0.4 is 11.5 Å². The summed E-state index contributed by atoms with van der Waals surface area (Å²) < 4.78 is 13.2. The number of nitrogens with two attached hydrogens (primary N) is 2. The molecule has 0 unspecified atom stereocenters. The van der Waals surface area contributed by atoms with E-state index in [1.807, 2.05) is 6.07 Å². The Kier molecular flexibility index (Phi) is 3.00. The predicted molar refractivity (Wildman–Crippen MR) is 66.0 cm³/mol. The summed E-state index contributed by atoms with van der Waals surface area (Å²) in [5, 5.41) is 9.27. The fourth-order valence-electron chi connectivity index (χ4n) is 1.48. The first kappa shape index (κ1) is 12.1. The van der Waals surface area contributed by atoms with Gasteiger partial charge in [-0.15, -0.1) is 0 Å². The number of anilines is 2. The van der Waals surface area contributed by atoms with Crippen LogP contribution in [0, 0.1) is 17.1 Å². The Balaban J connectivity index is 2.78. The van der Waals surface area contributed by atoms with Gasteiger partial charge in [-0.3, -0.25) is 0 Å².